The van der Waals surface area contributed by atoms with Crippen molar-refractivity contribution in [2.24, 2.45) is 10.8 Å². The second-order valence-electron chi connectivity index (χ2n) is 11.3. The molecule has 3 nitrogen and oxygen atoms in total. The van der Waals surface area contributed by atoms with Gasteiger partial charge in [-0.25, -0.2) is 0 Å². The first-order valence-electron chi connectivity index (χ1n) is 12.0. The molecule has 0 saturated carbocycles. The standard InChI is InChI=1S/C31H30O3/c1-30(2)16-23(32)28-25(18-30)34-26-19-31(3,4)17-24(33)29(26)27(28)22-14-12-21(13-15-22)11-10-20-8-6-5-7-9-20/h5-9,12-15,27H,16-19H2,1-4H3. The Hall–Kier alpha value is -3.38. The lowest BCUT2D eigenvalue weighted by Crippen LogP contribution is -2.37. The van der Waals surface area contributed by atoms with Gasteiger partial charge in [-0.1, -0.05) is 69.9 Å². The lowest BCUT2D eigenvalue weighted by atomic mass is 9.65. The predicted molar refractivity (Wildman–Crippen MR) is 133 cm³/mol. The van der Waals surface area contributed by atoms with E-state index >= 15 is 0 Å². The molecule has 34 heavy (non-hydrogen) atoms. The summed E-state index contributed by atoms with van der Waals surface area (Å²) < 4.78 is 6.36. The largest absolute Gasteiger partial charge is 0.465 e. The molecule has 3 aliphatic rings. The SMILES string of the molecule is CC1(C)CC(=O)C2=C(C1)OC1=C(C(=O)CC(C)(C)C1)C2c1ccc(C#Cc2ccccc2)cc1. The number of rotatable bonds is 1. The summed E-state index contributed by atoms with van der Waals surface area (Å²) in [5.74, 6) is 7.73. The Balaban J connectivity index is 1.57. The lowest BCUT2D eigenvalue weighted by Gasteiger charge is -2.42. The van der Waals surface area contributed by atoms with Gasteiger partial charge in [0.25, 0.3) is 0 Å². The van der Waals surface area contributed by atoms with Crippen LogP contribution >= 0.6 is 0 Å². The zero-order valence-electron chi connectivity index (χ0n) is 20.3. The van der Waals surface area contributed by atoms with Crippen LogP contribution < -0.4 is 0 Å². The Morgan fingerprint density at radius 3 is 1.65 bits per heavy atom. The molecular weight excluding hydrogens is 420 g/mol. The van der Waals surface area contributed by atoms with Crippen molar-refractivity contribution in [3.8, 4) is 11.8 Å². The Morgan fingerprint density at radius 1 is 0.676 bits per heavy atom. The smallest absolute Gasteiger partial charge is 0.163 e. The highest BCUT2D eigenvalue weighted by Gasteiger charge is 2.47. The van der Waals surface area contributed by atoms with Gasteiger partial charge in [0.15, 0.2) is 11.6 Å². The Morgan fingerprint density at radius 2 is 1.15 bits per heavy atom. The van der Waals surface area contributed by atoms with Crippen molar-refractivity contribution < 1.29 is 14.3 Å². The van der Waals surface area contributed by atoms with Crippen LogP contribution in [-0.4, -0.2) is 11.6 Å². The summed E-state index contributed by atoms with van der Waals surface area (Å²) in [6.45, 7) is 8.42. The fourth-order valence-corrected chi connectivity index (χ4v) is 5.43. The summed E-state index contributed by atoms with van der Waals surface area (Å²) in [5, 5.41) is 0. The molecule has 0 atom stereocenters. The molecule has 2 aromatic rings. The maximum atomic E-state index is 13.4. The van der Waals surface area contributed by atoms with Gasteiger partial charge in [-0.05, 0) is 40.7 Å². The van der Waals surface area contributed by atoms with Crippen LogP contribution in [0, 0.1) is 22.7 Å². The van der Waals surface area contributed by atoms with Crippen LogP contribution in [0.4, 0.5) is 0 Å². The van der Waals surface area contributed by atoms with Gasteiger partial charge in [0, 0.05) is 53.9 Å². The van der Waals surface area contributed by atoms with E-state index in [0.717, 1.165) is 28.2 Å². The normalized spacial score (nSPS) is 21.3. The Bertz CT molecular complexity index is 1240. The molecule has 2 aromatic carbocycles. The average Bonchev–Trinajstić information content (AvgIpc) is 2.75. The summed E-state index contributed by atoms with van der Waals surface area (Å²) in [6, 6.07) is 17.9. The van der Waals surface area contributed by atoms with Crippen LogP contribution in [-0.2, 0) is 14.3 Å². The van der Waals surface area contributed by atoms with Crippen LogP contribution in [0.1, 0.15) is 76.0 Å². The number of hydrogen-bond acceptors (Lipinski definition) is 3. The highest BCUT2D eigenvalue weighted by molar-refractivity contribution is 6.06. The van der Waals surface area contributed by atoms with Crippen molar-refractivity contribution in [2.45, 2.75) is 59.3 Å². The number of benzene rings is 2. The molecular formula is C31H30O3. The van der Waals surface area contributed by atoms with E-state index in [2.05, 4.69) is 39.5 Å². The van der Waals surface area contributed by atoms with Crippen molar-refractivity contribution in [3.63, 3.8) is 0 Å². The van der Waals surface area contributed by atoms with E-state index in [1.165, 1.54) is 0 Å². The molecule has 0 amide bonds. The van der Waals surface area contributed by atoms with E-state index in [0.29, 0.717) is 36.8 Å². The van der Waals surface area contributed by atoms with Crippen LogP contribution in [0.5, 0.6) is 0 Å². The van der Waals surface area contributed by atoms with Gasteiger partial charge in [-0.2, -0.15) is 0 Å². The summed E-state index contributed by atoms with van der Waals surface area (Å²) in [6.07, 6.45) is 2.34. The fourth-order valence-electron chi connectivity index (χ4n) is 5.43. The van der Waals surface area contributed by atoms with Crippen LogP contribution in [0.15, 0.2) is 77.3 Å². The molecule has 1 aliphatic heterocycles. The van der Waals surface area contributed by atoms with Crippen LogP contribution in [0.3, 0.4) is 0 Å². The Kier molecular flexibility index (Phi) is 5.36. The van der Waals surface area contributed by atoms with Crippen molar-refractivity contribution >= 4 is 11.6 Å². The average molecular weight is 451 g/mol. The van der Waals surface area contributed by atoms with Gasteiger partial charge < -0.3 is 4.74 Å². The van der Waals surface area contributed by atoms with E-state index < -0.39 is 0 Å². The summed E-state index contributed by atoms with van der Waals surface area (Å²) in [4.78, 5) is 26.7. The van der Waals surface area contributed by atoms with Gasteiger partial charge in [-0.3, -0.25) is 9.59 Å². The van der Waals surface area contributed by atoms with Gasteiger partial charge in [0.05, 0.1) is 0 Å². The number of ether oxygens (including phenoxy) is 1. The first-order chi connectivity index (χ1) is 16.1. The molecule has 0 saturated heterocycles. The minimum Gasteiger partial charge on any atom is -0.465 e. The van der Waals surface area contributed by atoms with E-state index in [1.807, 2.05) is 54.6 Å². The monoisotopic (exact) mass is 450 g/mol. The minimum absolute atomic E-state index is 0.0911. The quantitative estimate of drug-likeness (QED) is 0.467. The van der Waals surface area contributed by atoms with Gasteiger partial charge in [0.1, 0.15) is 11.5 Å². The molecule has 0 spiro atoms. The predicted octanol–water partition coefficient (Wildman–Crippen LogP) is 6.49. The van der Waals surface area contributed by atoms with Crippen LogP contribution in [0.2, 0.25) is 0 Å². The Labute approximate surface area is 201 Å². The summed E-state index contributed by atoms with van der Waals surface area (Å²) in [5.41, 5.74) is 3.87. The molecule has 5 rings (SSSR count). The van der Waals surface area contributed by atoms with E-state index in [9.17, 15) is 9.59 Å². The van der Waals surface area contributed by atoms with Gasteiger partial charge >= 0.3 is 0 Å². The number of hydrogen-bond donors (Lipinski definition) is 0. The molecule has 1 heterocycles. The van der Waals surface area contributed by atoms with Crippen molar-refractivity contribution in [2.75, 3.05) is 0 Å². The van der Waals surface area contributed by atoms with Crippen molar-refractivity contribution in [1.29, 1.82) is 0 Å². The van der Waals surface area contributed by atoms with Crippen LogP contribution in [0.25, 0.3) is 0 Å². The number of allylic oxidation sites excluding steroid dienone is 4. The molecule has 172 valence electrons. The molecule has 0 bridgehead atoms. The molecule has 0 radical (unpaired) electrons. The number of carbonyl (C=O) groups excluding carboxylic acids is 2. The minimum atomic E-state index is -0.359. The van der Waals surface area contributed by atoms with Gasteiger partial charge in [0.2, 0.25) is 0 Å². The molecule has 2 aliphatic carbocycles. The lowest BCUT2D eigenvalue weighted by molar-refractivity contribution is -0.120. The first-order valence-corrected chi connectivity index (χ1v) is 12.0. The second kappa shape index (κ2) is 8.13. The van der Waals surface area contributed by atoms with E-state index in [-0.39, 0.29) is 28.3 Å². The third-order valence-electron chi connectivity index (χ3n) is 6.95. The number of Topliss-reactive ketones (excluding diaryl/α,β-unsaturated/α-hetero) is 2. The zero-order chi connectivity index (χ0) is 24.1. The number of ketones is 2. The maximum Gasteiger partial charge on any atom is 0.163 e. The molecule has 0 fully saturated rings. The fraction of sp³-hybridized carbons (Fsp3) is 0.355. The summed E-state index contributed by atoms with van der Waals surface area (Å²) >= 11 is 0. The molecule has 0 unspecified atom stereocenters. The second-order valence-corrected chi connectivity index (χ2v) is 11.3. The molecule has 0 N–H and O–H groups in total. The van der Waals surface area contributed by atoms with Gasteiger partial charge in [-0.15, -0.1) is 0 Å². The number of carbonyl (C=O) groups is 2. The maximum absolute atomic E-state index is 13.4. The van der Waals surface area contributed by atoms with Crippen molar-refractivity contribution in [3.05, 3.63) is 94.0 Å². The molecule has 3 heteroatoms. The topological polar surface area (TPSA) is 43.4 Å². The van der Waals surface area contributed by atoms with E-state index in [4.69, 9.17) is 4.74 Å². The summed E-state index contributed by atoms with van der Waals surface area (Å²) in [7, 11) is 0. The zero-order valence-corrected chi connectivity index (χ0v) is 20.3. The third-order valence-corrected chi connectivity index (χ3v) is 6.95. The first kappa shape index (κ1) is 22.4. The highest BCUT2D eigenvalue weighted by atomic mass is 16.5. The highest BCUT2D eigenvalue weighted by Crippen LogP contribution is 2.53. The third kappa shape index (κ3) is 4.26. The molecule has 0 aromatic heterocycles. The van der Waals surface area contributed by atoms with Crippen molar-refractivity contribution in [1.82, 2.24) is 0 Å². The van der Waals surface area contributed by atoms with E-state index in [1.54, 1.807) is 0 Å².